The van der Waals surface area contributed by atoms with Gasteiger partial charge in [0.2, 0.25) is 0 Å². The molecule has 0 radical (unpaired) electrons. The molecule has 0 aromatic carbocycles. The molecule has 9 atom stereocenters. The summed E-state index contributed by atoms with van der Waals surface area (Å²) in [5.74, 6) is 1.67. The molecule has 35 heavy (non-hydrogen) atoms. The Kier molecular flexibility index (Phi) is 7.16. The Morgan fingerprint density at radius 1 is 1.14 bits per heavy atom. The molecule has 4 heteroatoms. The smallest absolute Gasteiger partial charge is 0.310 e. The number of carboxylic acid groups (broad SMARTS) is 1. The molecule has 3 unspecified atom stereocenters. The van der Waals surface area contributed by atoms with Crippen LogP contribution in [0, 0.1) is 51.2 Å². The van der Waals surface area contributed by atoms with Crippen LogP contribution >= 0.6 is 0 Å². The van der Waals surface area contributed by atoms with Gasteiger partial charge in [0.05, 0.1) is 19.1 Å². The van der Waals surface area contributed by atoms with E-state index in [0.717, 1.165) is 44.9 Å². The molecule has 4 nitrogen and oxygen atoms in total. The van der Waals surface area contributed by atoms with Crippen LogP contribution in [0.5, 0.6) is 0 Å². The van der Waals surface area contributed by atoms with E-state index < -0.39 is 11.4 Å². The number of aliphatic carboxylic acids is 1. The van der Waals surface area contributed by atoms with E-state index in [1.807, 2.05) is 0 Å². The van der Waals surface area contributed by atoms with Gasteiger partial charge in [-0.3, -0.25) is 4.79 Å². The van der Waals surface area contributed by atoms with E-state index in [1.165, 1.54) is 24.0 Å². The van der Waals surface area contributed by atoms with Crippen molar-refractivity contribution in [3.8, 4) is 0 Å². The van der Waals surface area contributed by atoms with Crippen LogP contribution in [0.4, 0.5) is 0 Å². The number of carboxylic acids is 1. The summed E-state index contributed by atoms with van der Waals surface area (Å²) in [6.45, 7) is 19.5. The van der Waals surface area contributed by atoms with Crippen molar-refractivity contribution in [1.82, 2.24) is 0 Å². The van der Waals surface area contributed by atoms with Gasteiger partial charge in [0.25, 0.3) is 0 Å². The van der Waals surface area contributed by atoms with Crippen LogP contribution in [0.15, 0.2) is 23.8 Å². The summed E-state index contributed by atoms with van der Waals surface area (Å²) in [4.78, 5) is 23.0. The zero-order valence-electron chi connectivity index (χ0n) is 23.4. The van der Waals surface area contributed by atoms with Gasteiger partial charge in [-0.1, -0.05) is 58.4 Å². The van der Waals surface area contributed by atoms with Gasteiger partial charge < -0.3 is 5.11 Å². The Labute approximate surface area is 213 Å². The Morgan fingerprint density at radius 3 is 2.49 bits per heavy atom. The predicted molar refractivity (Wildman–Crippen MR) is 141 cm³/mol. The fraction of sp³-hybridized carbons (Fsp3) is 0.839. The van der Waals surface area contributed by atoms with Gasteiger partial charge in [-0.2, -0.15) is 0 Å². The predicted octanol–water partition coefficient (Wildman–Crippen LogP) is 7.84. The van der Waals surface area contributed by atoms with Gasteiger partial charge in [-0.05, 0) is 111 Å². The third-order valence-electron chi connectivity index (χ3n) is 12.3. The topological polar surface area (TPSA) is 55.8 Å². The molecule has 0 spiro atoms. The largest absolute Gasteiger partial charge is 0.481 e. The van der Waals surface area contributed by atoms with Crippen molar-refractivity contribution in [3.05, 3.63) is 23.8 Å². The first-order valence-electron chi connectivity index (χ1n) is 14.1. The van der Waals surface area contributed by atoms with Gasteiger partial charge >= 0.3 is 5.97 Å². The van der Waals surface area contributed by atoms with Gasteiger partial charge in [0.15, 0.2) is 0 Å². The molecular formula is C31H50O4. The lowest BCUT2D eigenvalue weighted by Crippen LogP contribution is -2.62. The fourth-order valence-corrected chi connectivity index (χ4v) is 9.98. The van der Waals surface area contributed by atoms with E-state index in [2.05, 4.69) is 54.2 Å². The minimum atomic E-state index is -0.573. The molecule has 3 saturated carbocycles. The molecule has 4 aliphatic rings. The second kappa shape index (κ2) is 9.31. The summed E-state index contributed by atoms with van der Waals surface area (Å²) in [6.07, 6.45) is 11.7. The van der Waals surface area contributed by atoms with Gasteiger partial charge in [-0.15, -0.1) is 0 Å². The van der Waals surface area contributed by atoms with Gasteiger partial charge in [-0.25, -0.2) is 9.78 Å². The number of allylic oxidation sites excluding steroid dienone is 3. The fourth-order valence-electron chi connectivity index (χ4n) is 9.98. The van der Waals surface area contributed by atoms with E-state index in [-0.39, 0.29) is 22.2 Å². The lowest BCUT2D eigenvalue weighted by molar-refractivity contribution is -0.274. The van der Waals surface area contributed by atoms with Crippen LogP contribution < -0.4 is 0 Å². The van der Waals surface area contributed by atoms with Crippen LogP contribution in [0.2, 0.25) is 0 Å². The van der Waals surface area contributed by atoms with Crippen molar-refractivity contribution >= 4 is 5.97 Å². The molecule has 0 heterocycles. The minimum Gasteiger partial charge on any atom is -0.481 e. The number of fused-ring (bicyclic) bond motifs is 5. The quantitative estimate of drug-likeness (QED) is 0.172. The Morgan fingerprint density at radius 2 is 1.86 bits per heavy atom. The van der Waals surface area contributed by atoms with Crippen molar-refractivity contribution in [2.45, 2.75) is 99.3 Å². The SMILES string of the molecule is C=C(C)C1CC[C@]2(C)C(CC=C3C4[C@@H](C)[C@H](C)CC[C@]4(C(=O)O)CC[C@]32C)[C@@]1(C)CCCOOC. The van der Waals surface area contributed by atoms with E-state index in [4.69, 9.17) is 9.78 Å². The second-order valence-corrected chi connectivity index (χ2v) is 13.5. The molecule has 0 aliphatic heterocycles. The van der Waals surface area contributed by atoms with Crippen molar-refractivity contribution < 1.29 is 19.7 Å². The average Bonchev–Trinajstić information content (AvgIpc) is 2.79. The molecule has 0 amide bonds. The molecule has 4 rings (SSSR count). The molecule has 3 fully saturated rings. The number of carbonyl (C=O) groups is 1. The van der Waals surface area contributed by atoms with Crippen molar-refractivity contribution in [2.75, 3.05) is 13.7 Å². The maximum atomic E-state index is 12.8. The molecular weight excluding hydrogens is 436 g/mol. The monoisotopic (exact) mass is 486 g/mol. The molecule has 0 saturated heterocycles. The van der Waals surface area contributed by atoms with E-state index in [0.29, 0.717) is 30.3 Å². The number of rotatable bonds is 7. The molecule has 0 bridgehead atoms. The lowest BCUT2D eigenvalue weighted by atomic mass is 9.35. The van der Waals surface area contributed by atoms with Crippen molar-refractivity contribution in [3.63, 3.8) is 0 Å². The summed E-state index contributed by atoms with van der Waals surface area (Å²) in [6, 6.07) is 0. The third-order valence-corrected chi connectivity index (χ3v) is 12.3. The second-order valence-electron chi connectivity index (χ2n) is 13.5. The molecule has 0 aromatic rings. The van der Waals surface area contributed by atoms with E-state index >= 15 is 0 Å². The molecule has 0 aromatic heterocycles. The first kappa shape index (κ1) is 26.9. The standard InChI is InChI=1S/C31H50O4/c1-20(2)23-13-15-30(7)25(28(23,5)14-9-19-35-34-8)11-10-24-26-22(4)21(3)12-16-31(26,27(32)33)18-17-29(24,30)6/h10,21-23,25-26H,1,9,11-19H2,2-8H3,(H,32,33)/t21-,22+,23?,25?,26?,28+,29-,30-,31+/m1/s1. The zero-order chi connectivity index (χ0) is 25.8. The first-order chi connectivity index (χ1) is 16.4. The van der Waals surface area contributed by atoms with Crippen molar-refractivity contribution in [1.29, 1.82) is 0 Å². The normalized spacial score (nSPS) is 47.2. The summed E-state index contributed by atoms with van der Waals surface area (Å²) >= 11 is 0. The summed E-state index contributed by atoms with van der Waals surface area (Å²) in [5.41, 5.74) is 2.59. The molecule has 1 N–H and O–H groups in total. The minimum absolute atomic E-state index is 0.0508. The van der Waals surface area contributed by atoms with Crippen LogP contribution in [-0.4, -0.2) is 24.8 Å². The molecule has 4 aliphatic carbocycles. The maximum Gasteiger partial charge on any atom is 0.310 e. The highest BCUT2D eigenvalue weighted by Crippen LogP contribution is 2.74. The van der Waals surface area contributed by atoms with Crippen LogP contribution in [-0.2, 0) is 14.6 Å². The molecule has 198 valence electrons. The average molecular weight is 487 g/mol. The summed E-state index contributed by atoms with van der Waals surface area (Å²) in [7, 11) is 1.58. The Bertz CT molecular complexity index is 877. The van der Waals surface area contributed by atoms with Gasteiger partial charge in [0, 0.05) is 0 Å². The number of hydrogen-bond donors (Lipinski definition) is 1. The van der Waals surface area contributed by atoms with Gasteiger partial charge in [0.1, 0.15) is 0 Å². The highest BCUT2D eigenvalue weighted by atomic mass is 17.2. The van der Waals surface area contributed by atoms with Crippen LogP contribution in [0.3, 0.4) is 0 Å². The zero-order valence-corrected chi connectivity index (χ0v) is 23.4. The van der Waals surface area contributed by atoms with E-state index in [9.17, 15) is 9.90 Å². The highest BCUT2D eigenvalue weighted by Gasteiger charge is 2.67. The Balaban J connectivity index is 1.78. The Hall–Kier alpha value is -1.13. The number of hydrogen-bond acceptors (Lipinski definition) is 3. The summed E-state index contributed by atoms with van der Waals surface area (Å²) < 4.78 is 0. The lowest BCUT2D eigenvalue weighted by Gasteiger charge is -2.69. The van der Waals surface area contributed by atoms with Crippen molar-refractivity contribution in [2.24, 2.45) is 51.2 Å². The third kappa shape index (κ3) is 3.79. The highest BCUT2D eigenvalue weighted by molar-refractivity contribution is 5.76. The van der Waals surface area contributed by atoms with Crippen LogP contribution in [0.25, 0.3) is 0 Å². The first-order valence-corrected chi connectivity index (χ1v) is 14.1. The summed E-state index contributed by atoms with van der Waals surface area (Å²) in [5, 5.41) is 10.6. The van der Waals surface area contributed by atoms with E-state index in [1.54, 1.807) is 7.11 Å². The maximum absolute atomic E-state index is 12.8. The van der Waals surface area contributed by atoms with Crippen LogP contribution in [0.1, 0.15) is 99.3 Å².